The second-order valence-corrected chi connectivity index (χ2v) is 7.73. The molecule has 0 spiro atoms. The first-order valence-corrected chi connectivity index (χ1v) is 8.72. The lowest BCUT2D eigenvalue weighted by molar-refractivity contribution is 0.0126. The first-order chi connectivity index (χ1) is 10.9. The first kappa shape index (κ1) is 16.1. The van der Waals surface area contributed by atoms with Gasteiger partial charge in [0.2, 0.25) is 0 Å². The predicted octanol–water partition coefficient (Wildman–Crippen LogP) is 4.07. The van der Waals surface area contributed by atoms with Crippen molar-refractivity contribution in [3.05, 3.63) is 24.3 Å². The lowest BCUT2D eigenvalue weighted by atomic mass is 10.1. The summed E-state index contributed by atoms with van der Waals surface area (Å²) in [5.41, 5.74) is 0.518. The van der Waals surface area contributed by atoms with Gasteiger partial charge in [0.05, 0.1) is 10.2 Å². The number of piperidine rings is 1. The van der Waals surface area contributed by atoms with Crippen LogP contribution in [0.4, 0.5) is 4.79 Å². The Labute approximate surface area is 140 Å². The fourth-order valence-electron chi connectivity index (χ4n) is 2.53. The molecular weight excluding hydrogens is 312 g/mol. The van der Waals surface area contributed by atoms with Crippen molar-refractivity contribution in [1.29, 1.82) is 0 Å². The topological polar surface area (TPSA) is 51.7 Å². The molecular formula is C17H22N2O3S. The molecule has 1 aliphatic rings. The van der Waals surface area contributed by atoms with Gasteiger partial charge in [-0.1, -0.05) is 23.5 Å². The van der Waals surface area contributed by atoms with Crippen molar-refractivity contribution in [2.45, 2.75) is 45.3 Å². The molecule has 1 aromatic carbocycles. The highest BCUT2D eigenvalue weighted by atomic mass is 32.1. The van der Waals surface area contributed by atoms with Gasteiger partial charge in [-0.25, -0.2) is 9.78 Å². The summed E-state index contributed by atoms with van der Waals surface area (Å²) >= 11 is 1.57. The molecule has 2 aromatic rings. The molecule has 0 aliphatic carbocycles. The molecule has 1 aliphatic heterocycles. The smallest absolute Gasteiger partial charge is 0.410 e. The van der Waals surface area contributed by atoms with Crippen molar-refractivity contribution in [3.8, 4) is 5.19 Å². The molecule has 0 radical (unpaired) electrons. The van der Waals surface area contributed by atoms with E-state index in [9.17, 15) is 4.79 Å². The molecule has 6 heteroatoms. The van der Waals surface area contributed by atoms with Crippen LogP contribution in [0.1, 0.15) is 33.6 Å². The number of hydrogen-bond acceptors (Lipinski definition) is 5. The van der Waals surface area contributed by atoms with E-state index in [1.165, 1.54) is 0 Å². The molecule has 0 bridgehead atoms. The standard InChI is InChI=1S/C17H22N2O3S/c1-17(2,3)22-16(20)19-10-8-12(9-11-19)21-15-18-13-6-4-5-7-14(13)23-15/h4-7,12H,8-11H2,1-3H3. The number of amides is 1. The van der Waals surface area contributed by atoms with Crippen LogP contribution in [-0.4, -0.2) is 40.8 Å². The highest BCUT2D eigenvalue weighted by Gasteiger charge is 2.28. The minimum Gasteiger partial charge on any atom is -0.467 e. The van der Waals surface area contributed by atoms with Crippen LogP contribution < -0.4 is 4.74 Å². The van der Waals surface area contributed by atoms with E-state index in [0.29, 0.717) is 18.3 Å². The second kappa shape index (κ2) is 6.35. The van der Waals surface area contributed by atoms with Crippen molar-refractivity contribution < 1.29 is 14.3 Å². The van der Waals surface area contributed by atoms with Crippen LogP contribution in [0.15, 0.2) is 24.3 Å². The van der Waals surface area contributed by atoms with Crippen molar-refractivity contribution in [1.82, 2.24) is 9.88 Å². The number of aromatic nitrogens is 1. The van der Waals surface area contributed by atoms with E-state index in [1.54, 1.807) is 16.2 Å². The van der Waals surface area contributed by atoms with E-state index in [1.807, 2.05) is 45.0 Å². The van der Waals surface area contributed by atoms with Crippen LogP contribution >= 0.6 is 11.3 Å². The zero-order valence-corrected chi connectivity index (χ0v) is 14.6. The van der Waals surface area contributed by atoms with Gasteiger partial charge in [-0.15, -0.1) is 0 Å². The van der Waals surface area contributed by atoms with Crippen LogP contribution in [0.5, 0.6) is 5.19 Å². The minimum absolute atomic E-state index is 0.106. The average Bonchev–Trinajstić information content (AvgIpc) is 2.88. The lowest BCUT2D eigenvalue weighted by Gasteiger charge is -2.33. The predicted molar refractivity (Wildman–Crippen MR) is 91.1 cm³/mol. The third-order valence-corrected chi connectivity index (χ3v) is 4.56. The third-order valence-electron chi connectivity index (χ3n) is 3.64. The Morgan fingerprint density at radius 2 is 1.96 bits per heavy atom. The number of nitrogens with zero attached hydrogens (tertiary/aromatic N) is 2. The summed E-state index contributed by atoms with van der Waals surface area (Å²) < 4.78 is 12.5. The van der Waals surface area contributed by atoms with E-state index in [-0.39, 0.29) is 12.2 Å². The number of carbonyl (C=O) groups is 1. The third kappa shape index (κ3) is 4.13. The summed E-state index contributed by atoms with van der Waals surface area (Å²) in [5, 5.41) is 0.710. The molecule has 0 atom stereocenters. The molecule has 1 saturated heterocycles. The number of ether oxygens (including phenoxy) is 2. The normalized spacial score (nSPS) is 16.6. The van der Waals surface area contributed by atoms with Crippen LogP contribution in [-0.2, 0) is 4.74 Å². The van der Waals surface area contributed by atoms with Gasteiger partial charge in [0, 0.05) is 25.9 Å². The summed E-state index contributed by atoms with van der Waals surface area (Å²) in [4.78, 5) is 18.3. The van der Waals surface area contributed by atoms with E-state index in [4.69, 9.17) is 9.47 Å². The van der Waals surface area contributed by atoms with Crippen LogP contribution in [0.3, 0.4) is 0 Å². The molecule has 1 aromatic heterocycles. The molecule has 0 unspecified atom stereocenters. The fourth-order valence-corrected chi connectivity index (χ4v) is 3.41. The summed E-state index contributed by atoms with van der Waals surface area (Å²) in [6.45, 7) is 6.96. The highest BCUT2D eigenvalue weighted by molar-refractivity contribution is 7.20. The van der Waals surface area contributed by atoms with E-state index in [2.05, 4.69) is 4.98 Å². The fraction of sp³-hybridized carbons (Fsp3) is 0.529. The Morgan fingerprint density at radius 1 is 1.26 bits per heavy atom. The number of carbonyl (C=O) groups excluding carboxylic acids is 1. The van der Waals surface area contributed by atoms with Crippen molar-refractivity contribution in [2.75, 3.05) is 13.1 Å². The largest absolute Gasteiger partial charge is 0.467 e. The molecule has 0 saturated carbocycles. The maximum atomic E-state index is 12.0. The Hall–Kier alpha value is -1.82. The van der Waals surface area contributed by atoms with Gasteiger partial charge in [-0.05, 0) is 32.9 Å². The number of thiazole rings is 1. The number of likely N-dealkylation sites (tertiary alicyclic amines) is 1. The first-order valence-electron chi connectivity index (χ1n) is 7.91. The molecule has 3 rings (SSSR count). The minimum atomic E-state index is -0.453. The van der Waals surface area contributed by atoms with Gasteiger partial charge in [-0.2, -0.15) is 0 Å². The Bertz CT molecular complexity index is 651. The molecule has 0 N–H and O–H groups in total. The SMILES string of the molecule is CC(C)(C)OC(=O)N1CCC(Oc2nc3ccccc3s2)CC1. The van der Waals surface area contributed by atoms with Gasteiger partial charge in [0.1, 0.15) is 11.7 Å². The quantitative estimate of drug-likeness (QED) is 0.830. The summed E-state index contributed by atoms with van der Waals surface area (Å²) in [5.74, 6) is 0. The number of benzene rings is 1. The molecule has 23 heavy (non-hydrogen) atoms. The number of fused-ring (bicyclic) bond motifs is 1. The van der Waals surface area contributed by atoms with Crippen molar-refractivity contribution >= 4 is 27.6 Å². The number of hydrogen-bond donors (Lipinski definition) is 0. The zero-order valence-electron chi connectivity index (χ0n) is 13.7. The van der Waals surface area contributed by atoms with E-state index < -0.39 is 5.60 Å². The maximum absolute atomic E-state index is 12.0. The second-order valence-electron chi connectivity index (χ2n) is 6.73. The van der Waals surface area contributed by atoms with Crippen LogP contribution in [0.25, 0.3) is 10.2 Å². The van der Waals surface area contributed by atoms with E-state index in [0.717, 1.165) is 23.1 Å². The zero-order chi connectivity index (χ0) is 16.4. The summed E-state index contributed by atoms with van der Waals surface area (Å²) in [6.07, 6.45) is 1.47. The van der Waals surface area contributed by atoms with Crippen molar-refractivity contribution in [2.24, 2.45) is 0 Å². The van der Waals surface area contributed by atoms with Gasteiger partial charge >= 0.3 is 6.09 Å². The monoisotopic (exact) mass is 334 g/mol. The highest BCUT2D eigenvalue weighted by Crippen LogP contribution is 2.29. The maximum Gasteiger partial charge on any atom is 0.410 e. The lowest BCUT2D eigenvalue weighted by Crippen LogP contribution is -2.44. The van der Waals surface area contributed by atoms with Gasteiger partial charge in [-0.3, -0.25) is 0 Å². The number of para-hydroxylation sites is 1. The van der Waals surface area contributed by atoms with Gasteiger partial charge in [0.25, 0.3) is 5.19 Å². The summed E-state index contributed by atoms with van der Waals surface area (Å²) in [6, 6.07) is 8.02. The Morgan fingerprint density at radius 3 is 2.61 bits per heavy atom. The molecule has 1 fully saturated rings. The molecule has 2 heterocycles. The summed E-state index contributed by atoms with van der Waals surface area (Å²) in [7, 11) is 0. The molecule has 5 nitrogen and oxygen atoms in total. The van der Waals surface area contributed by atoms with Gasteiger partial charge < -0.3 is 14.4 Å². The molecule has 124 valence electrons. The van der Waals surface area contributed by atoms with Crippen molar-refractivity contribution in [3.63, 3.8) is 0 Å². The average molecular weight is 334 g/mol. The van der Waals surface area contributed by atoms with Crippen LogP contribution in [0.2, 0.25) is 0 Å². The Kier molecular flexibility index (Phi) is 4.43. The van der Waals surface area contributed by atoms with E-state index >= 15 is 0 Å². The van der Waals surface area contributed by atoms with Gasteiger partial charge in [0.15, 0.2) is 0 Å². The number of rotatable bonds is 2. The molecule has 1 amide bonds. The Balaban J connectivity index is 1.54. The van der Waals surface area contributed by atoms with Crippen LogP contribution in [0, 0.1) is 0 Å².